The minimum Gasteiger partial charge on any atom is -0.361 e. The molecule has 0 aromatic heterocycles. The fourth-order valence-corrected chi connectivity index (χ4v) is 2.88. The van der Waals surface area contributed by atoms with Gasteiger partial charge in [-0.2, -0.15) is 0 Å². The molecule has 0 radical (unpaired) electrons. The topological polar surface area (TPSA) is 24.1 Å². The summed E-state index contributed by atoms with van der Waals surface area (Å²) in [6.07, 6.45) is -0.484. The average molecular weight is 309 g/mol. The van der Waals surface area contributed by atoms with Crippen molar-refractivity contribution >= 4 is 34.6 Å². The standard InChI is InChI=1S/C15H11Cl2FN2/c1-8-13-9(16)5-3-7-12(13)20-15(19-8)14-10(17)4-2-6-11(14)18/h2-7,15,19-20H,1H2. The van der Waals surface area contributed by atoms with Crippen LogP contribution in [0.3, 0.4) is 0 Å². The van der Waals surface area contributed by atoms with Crippen LogP contribution in [0.1, 0.15) is 17.3 Å². The molecule has 0 amide bonds. The SMILES string of the molecule is C=C1NC(c2c(F)cccc2Cl)Nc2cccc(Cl)c21. The molecule has 1 aliphatic rings. The molecule has 0 spiro atoms. The van der Waals surface area contributed by atoms with Gasteiger partial charge in [-0.25, -0.2) is 4.39 Å². The molecule has 0 bridgehead atoms. The van der Waals surface area contributed by atoms with Crippen LogP contribution in [0, 0.1) is 5.82 Å². The van der Waals surface area contributed by atoms with Gasteiger partial charge in [0.25, 0.3) is 0 Å². The molecule has 0 saturated carbocycles. The first kappa shape index (κ1) is 13.3. The Morgan fingerprint density at radius 2 is 1.70 bits per heavy atom. The number of anilines is 1. The largest absolute Gasteiger partial charge is 0.361 e. The van der Waals surface area contributed by atoms with Crippen LogP contribution < -0.4 is 10.6 Å². The van der Waals surface area contributed by atoms with Crippen LogP contribution in [0.4, 0.5) is 10.1 Å². The summed E-state index contributed by atoms with van der Waals surface area (Å²) >= 11 is 12.2. The third-order valence-electron chi connectivity index (χ3n) is 3.22. The van der Waals surface area contributed by atoms with Crippen molar-refractivity contribution in [1.82, 2.24) is 5.32 Å². The van der Waals surface area contributed by atoms with Crippen LogP contribution in [0.2, 0.25) is 10.0 Å². The van der Waals surface area contributed by atoms with Gasteiger partial charge in [0.05, 0.1) is 10.0 Å². The maximum atomic E-state index is 14.0. The van der Waals surface area contributed by atoms with Crippen LogP contribution in [-0.4, -0.2) is 0 Å². The first-order chi connectivity index (χ1) is 9.58. The van der Waals surface area contributed by atoms with Crippen molar-refractivity contribution in [3.05, 3.63) is 70.0 Å². The lowest BCUT2D eigenvalue weighted by Crippen LogP contribution is -2.32. The molecule has 0 aliphatic carbocycles. The molecular weight excluding hydrogens is 298 g/mol. The van der Waals surface area contributed by atoms with Gasteiger partial charge in [-0.15, -0.1) is 0 Å². The lowest BCUT2D eigenvalue weighted by molar-refractivity contribution is 0.578. The number of hydrogen-bond acceptors (Lipinski definition) is 2. The second-order valence-corrected chi connectivity index (χ2v) is 5.31. The van der Waals surface area contributed by atoms with E-state index in [-0.39, 0.29) is 5.82 Å². The summed E-state index contributed by atoms with van der Waals surface area (Å²) in [6, 6.07) is 10.1. The van der Waals surface area contributed by atoms with Gasteiger partial charge in [-0.1, -0.05) is 41.9 Å². The third kappa shape index (κ3) is 2.13. The van der Waals surface area contributed by atoms with Crippen molar-refractivity contribution in [2.45, 2.75) is 6.17 Å². The predicted molar refractivity (Wildman–Crippen MR) is 81.4 cm³/mol. The van der Waals surface area contributed by atoms with Crippen molar-refractivity contribution in [2.75, 3.05) is 5.32 Å². The lowest BCUT2D eigenvalue weighted by atomic mass is 10.0. The smallest absolute Gasteiger partial charge is 0.131 e. The minimum atomic E-state index is -0.484. The van der Waals surface area contributed by atoms with Crippen molar-refractivity contribution in [3.63, 3.8) is 0 Å². The highest BCUT2D eigenvalue weighted by atomic mass is 35.5. The molecule has 1 heterocycles. The summed E-state index contributed by atoms with van der Waals surface area (Å²) in [6.45, 7) is 3.95. The van der Waals surface area contributed by atoms with Gasteiger partial charge in [0.15, 0.2) is 0 Å². The van der Waals surface area contributed by atoms with Crippen LogP contribution in [-0.2, 0) is 0 Å². The summed E-state index contributed by atoms with van der Waals surface area (Å²) in [5.41, 5.74) is 2.58. The molecule has 5 heteroatoms. The van der Waals surface area contributed by atoms with Crippen molar-refractivity contribution < 1.29 is 4.39 Å². The number of fused-ring (bicyclic) bond motifs is 1. The van der Waals surface area contributed by atoms with Crippen LogP contribution >= 0.6 is 23.2 Å². The van der Waals surface area contributed by atoms with Gasteiger partial charge in [0.1, 0.15) is 12.0 Å². The molecule has 2 aromatic rings. The number of benzene rings is 2. The Balaban J connectivity index is 2.06. The Morgan fingerprint density at radius 1 is 1.00 bits per heavy atom. The first-order valence-corrected chi connectivity index (χ1v) is 6.78. The highest BCUT2D eigenvalue weighted by Gasteiger charge is 2.26. The predicted octanol–water partition coefficient (Wildman–Crippen LogP) is 4.82. The molecule has 20 heavy (non-hydrogen) atoms. The molecule has 1 atom stereocenters. The molecule has 2 aromatic carbocycles. The Bertz CT molecular complexity index is 680. The van der Waals surface area contributed by atoms with Crippen LogP contribution in [0.15, 0.2) is 43.0 Å². The second-order valence-electron chi connectivity index (χ2n) is 4.50. The van der Waals surface area contributed by atoms with Crippen molar-refractivity contribution in [2.24, 2.45) is 0 Å². The van der Waals surface area contributed by atoms with E-state index in [4.69, 9.17) is 23.2 Å². The molecule has 1 unspecified atom stereocenters. The Hall–Kier alpha value is -1.71. The normalized spacial score (nSPS) is 17.1. The fourth-order valence-electron chi connectivity index (χ4n) is 2.32. The van der Waals surface area contributed by atoms with E-state index in [0.717, 1.165) is 11.3 Å². The number of hydrogen-bond donors (Lipinski definition) is 2. The van der Waals surface area contributed by atoms with E-state index in [1.54, 1.807) is 18.2 Å². The number of halogens is 3. The zero-order chi connectivity index (χ0) is 14.3. The van der Waals surface area contributed by atoms with E-state index < -0.39 is 6.17 Å². The zero-order valence-electron chi connectivity index (χ0n) is 10.4. The highest BCUT2D eigenvalue weighted by Crippen LogP contribution is 2.38. The maximum absolute atomic E-state index is 14.0. The molecule has 0 saturated heterocycles. The molecule has 2 nitrogen and oxygen atoms in total. The first-order valence-electron chi connectivity index (χ1n) is 6.02. The van der Waals surface area contributed by atoms with E-state index in [2.05, 4.69) is 17.2 Å². The average Bonchev–Trinajstić information content (AvgIpc) is 2.38. The van der Waals surface area contributed by atoms with E-state index >= 15 is 0 Å². The zero-order valence-corrected chi connectivity index (χ0v) is 11.9. The monoisotopic (exact) mass is 308 g/mol. The van der Waals surface area contributed by atoms with E-state index in [0.29, 0.717) is 21.3 Å². The summed E-state index contributed by atoms with van der Waals surface area (Å²) in [4.78, 5) is 0. The van der Waals surface area contributed by atoms with Gasteiger partial charge in [-0.3, -0.25) is 0 Å². The summed E-state index contributed by atoms with van der Waals surface area (Å²) in [5.74, 6) is -0.374. The van der Waals surface area contributed by atoms with Gasteiger partial charge in [0.2, 0.25) is 0 Å². The summed E-state index contributed by atoms with van der Waals surface area (Å²) < 4.78 is 14.0. The molecule has 1 aliphatic heterocycles. The number of nitrogens with one attached hydrogen (secondary N) is 2. The minimum absolute atomic E-state index is 0.355. The third-order valence-corrected chi connectivity index (χ3v) is 3.87. The quantitative estimate of drug-likeness (QED) is 0.789. The molecule has 3 rings (SSSR count). The van der Waals surface area contributed by atoms with E-state index in [1.165, 1.54) is 6.07 Å². The van der Waals surface area contributed by atoms with Gasteiger partial charge in [0, 0.05) is 22.5 Å². The van der Waals surface area contributed by atoms with Gasteiger partial charge < -0.3 is 10.6 Å². The van der Waals surface area contributed by atoms with Gasteiger partial charge in [-0.05, 0) is 24.3 Å². The molecule has 0 fully saturated rings. The Kier molecular flexibility index (Phi) is 3.32. The lowest BCUT2D eigenvalue weighted by Gasteiger charge is -2.32. The van der Waals surface area contributed by atoms with E-state index in [9.17, 15) is 4.39 Å². The molecular formula is C15H11Cl2FN2. The van der Waals surface area contributed by atoms with Crippen molar-refractivity contribution in [3.8, 4) is 0 Å². The van der Waals surface area contributed by atoms with Gasteiger partial charge >= 0.3 is 0 Å². The van der Waals surface area contributed by atoms with Crippen LogP contribution in [0.5, 0.6) is 0 Å². The molecule has 102 valence electrons. The van der Waals surface area contributed by atoms with Crippen LogP contribution in [0.25, 0.3) is 5.70 Å². The Morgan fingerprint density at radius 3 is 2.45 bits per heavy atom. The fraction of sp³-hybridized carbons (Fsp3) is 0.0667. The molecule has 2 N–H and O–H groups in total. The highest BCUT2D eigenvalue weighted by molar-refractivity contribution is 6.33. The van der Waals surface area contributed by atoms with E-state index in [1.807, 2.05) is 12.1 Å². The summed E-state index contributed by atoms with van der Waals surface area (Å²) in [5, 5.41) is 7.23. The Labute approximate surface area is 126 Å². The number of rotatable bonds is 1. The second kappa shape index (κ2) is 5.00. The maximum Gasteiger partial charge on any atom is 0.131 e. The van der Waals surface area contributed by atoms with Crippen molar-refractivity contribution in [1.29, 1.82) is 0 Å². The summed E-state index contributed by atoms with van der Waals surface area (Å²) in [7, 11) is 0.